The zero-order valence-corrected chi connectivity index (χ0v) is 6.67. The number of primary amides is 1. The molecule has 1 aromatic heterocycles. The second-order valence-corrected chi connectivity index (χ2v) is 2.11. The van der Waals surface area contributed by atoms with E-state index in [1.807, 2.05) is 6.07 Å². The van der Waals surface area contributed by atoms with E-state index in [2.05, 4.69) is 14.9 Å². The van der Waals surface area contributed by atoms with Gasteiger partial charge in [-0.1, -0.05) is 0 Å². The first kappa shape index (κ1) is 8.99. The molecule has 1 aromatic rings. The van der Waals surface area contributed by atoms with E-state index in [0.717, 1.165) is 0 Å². The molecule has 0 bridgehead atoms. The van der Waals surface area contributed by atoms with Crippen molar-refractivity contribution in [3.05, 3.63) is 11.9 Å². The van der Waals surface area contributed by atoms with Crippen LogP contribution in [0.5, 0.6) is 0 Å². The van der Waals surface area contributed by atoms with Crippen LogP contribution in [-0.4, -0.2) is 27.7 Å². The maximum absolute atomic E-state index is 10.1. The Balaban J connectivity index is 2.38. The van der Waals surface area contributed by atoms with Gasteiger partial charge in [-0.15, -0.1) is 5.10 Å². The largest absolute Gasteiger partial charge is 0.448 e. The van der Waals surface area contributed by atoms with Crippen molar-refractivity contribution in [2.75, 3.05) is 6.61 Å². The van der Waals surface area contributed by atoms with Crippen LogP contribution < -0.4 is 5.73 Å². The topological polar surface area (TPSA) is 107 Å². The van der Waals surface area contributed by atoms with E-state index < -0.39 is 6.09 Å². The van der Waals surface area contributed by atoms with Crippen LogP contribution in [0.3, 0.4) is 0 Å². The van der Waals surface area contributed by atoms with Crippen molar-refractivity contribution < 1.29 is 9.53 Å². The quantitative estimate of drug-likeness (QED) is 0.659. The van der Waals surface area contributed by atoms with Gasteiger partial charge in [0, 0.05) is 0 Å². The summed E-state index contributed by atoms with van der Waals surface area (Å²) in [5.41, 5.74) is 4.95. The molecule has 0 atom stereocenters. The van der Waals surface area contributed by atoms with Gasteiger partial charge in [-0.3, -0.25) is 0 Å². The van der Waals surface area contributed by atoms with Gasteiger partial charge in [0.05, 0.1) is 12.7 Å². The lowest BCUT2D eigenvalue weighted by molar-refractivity contribution is 0.149. The van der Waals surface area contributed by atoms with Gasteiger partial charge in [0.1, 0.15) is 12.7 Å². The smallest absolute Gasteiger partial charge is 0.404 e. The highest BCUT2D eigenvalue weighted by Crippen LogP contribution is 1.88. The molecule has 0 aromatic carbocycles. The van der Waals surface area contributed by atoms with Crippen LogP contribution in [0.15, 0.2) is 6.20 Å². The fourth-order valence-corrected chi connectivity index (χ4v) is 0.684. The number of rotatable bonds is 3. The molecule has 7 heteroatoms. The van der Waals surface area contributed by atoms with E-state index in [1.165, 1.54) is 11.0 Å². The van der Waals surface area contributed by atoms with E-state index in [-0.39, 0.29) is 18.8 Å². The Morgan fingerprint density at radius 1 is 1.85 bits per heavy atom. The van der Waals surface area contributed by atoms with Gasteiger partial charge in [-0.25, -0.2) is 4.79 Å². The molecule has 0 spiro atoms. The Hall–Kier alpha value is -2.10. The van der Waals surface area contributed by atoms with Crippen molar-refractivity contribution in [2.45, 2.75) is 6.54 Å². The molecule has 68 valence electrons. The molecular formula is C6H7N5O2. The Labute approximate surface area is 73.7 Å². The van der Waals surface area contributed by atoms with Crippen LogP contribution in [0.2, 0.25) is 0 Å². The first-order valence-electron chi connectivity index (χ1n) is 3.45. The third kappa shape index (κ3) is 2.78. The summed E-state index contributed by atoms with van der Waals surface area (Å²) >= 11 is 0. The minimum Gasteiger partial charge on any atom is -0.448 e. The minimum atomic E-state index is -0.840. The summed E-state index contributed by atoms with van der Waals surface area (Å²) in [4.78, 5) is 11.4. The lowest BCUT2D eigenvalue weighted by atomic mass is 10.6. The molecule has 0 aliphatic heterocycles. The summed E-state index contributed by atoms with van der Waals surface area (Å²) in [6, 6.07) is 1.82. The summed E-state index contributed by atoms with van der Waals surface area (Å²) in [6.45, 7) is 0.375. The lowest BCUT2D eigenvalue weighted by Gasteiger charge is -1.99. The maximum Gasteiger partial charge on any atom is 0.404 e. The fraction of sp³-hybridized carbons (Fsp3) is 0.333. The van der Waals surface area contributed by atoms with Crippen LogP contribution in [0.4, 0.5) is 4.79 Å². The fourth-order valence-electron chi connectivity index (χ4n) is 0.684. The second-order valence-electron chi connectivity index (χ2n) is 2.11. The minimum absolute atomic E-state index is 0.0921. The molecule has 0 aliphatic carbocycles. The van der Waals surface area contributed by atoms with Crippen LogP contribution in [-0.2, 0) is 11.3 Å². The average Bonchev–Trinajstić information content (AvgIpc) is 2.52. The first-order valence-corrected chi connectivity index (χ1v) is 3.45. The lowest BCUT2D eigenvalue weighted by Crippen LogP contribution is -2.17. The molecule has 1 rings (SSSR count). The number of nitrogens with two attached hydrogens (primary N) is 1. The molecule has 0 unspecified atom stereocenters. The number of hydrogen-bond acceptors (Lipinski definition) is 5. The van der Waals surface area contributed by atoms with Gasteiger partial charge in [-0.2, -0.15) is 15.2 Å². The van der Waals surface area contributed by atoms with E-state index >= 15 is 0 Å². The number of nitriles is 1. The van der Waals surface area contributed by atoms with Crippen molar-refractivity contribution in [3.8, 4) is 6.07 Å². The van der Waals surface area contributed by atoms with Crippen molar-refractivity contribution in [1.29, 1.82) is 5.26 Å². The molecule has 7 nitrogen and oxygen atoms in total. The predicted octanol–water partition coefficient (Wildman–Crippen LogP) is -0.755. The summed E-state index contributed by atoms with van der Waals surface area (Å²) in [6.07, 6.45) is 0.484. The summed E-state index contributed by atoms with van der Waals surface area (Å²) in [5, 5.41) is 15.9. The summed E-state index contributed by atoms with van der Waals surface area (Å²) < 4.78 is 4.44. The number of carbonyl (C=O) groups is 1. The maximum atomic E-state index is 10.1. The number of nitrogens with zero attached hydrogens (tertiary/aromatic N) is 4. The van der Waals surface area contributed by atoms with Gasteiger partial charge in [0.2, 0.25) is 0 Å². The monoisotopic (exact) mass is 181 g/mol. The molecule has 1 heterocycles. The van der Waals surface area contributed by atoms with Gasteiger partial charge >= 0.3 is 6.09 Å². The molecule has 0 radical (unpaired) electrons. The normalized spacial score (nSPS) is 9.15. The van der Waals surface area contributed by atoms with Crippen LogP contribution in [0.1, 0.15) is 5.69 Å². The molecule has 0 aliphatic rings. The number of hydrogen-bond donors (Lipinski definition) is 1. The van der Waals surface area contributed by atoms with Crippen LogP contribution >= 0.6 is 0 Å². The Morgan fingerprint density at radius 2 is 2.62 bits per heavy atom. The summed E-state index contributed by atoms with van der Waals surface area (Å²) in [7, 11) is 0. The molecule has 1 amide bonds. The van der Waals surface area contributed by atoms with Crippen molar-refractivity contribution in [2.24, 2.45) is 5.73 Å². The molecule has 13 heavy (non-hydrogen) atoms. The number of aromatic nitrogens is 3. The van der Waals surface area contributed by atoms with E-state index in [1.54, 1.807) is 0 Å². The van der Waals surface area contributed by atoms with Crippen LogP contribution in [0.25, 0.3) is 0 Å². The molecular weight excluding hydrogens is 174 g/mol. The zero-order valence-electron chi connectivity index (χ0n) is 6.67. The highest BCUT2D eigenvalue weighted by Gasteiger charge is 1.99. The SMILES string of the molecule is N#Cc1cnn(CCOC(N)=O)n1. The van der Waals surface area contributed by atoms with E-state index in [4.69, 9.17) is 11.0 Å². The Morgan fingerprint density at radius 3 is 3.15 bits per heavy atom. The molecule has 0 saturated carbocycles. The third-order valence-electron chi connectivity index (χ3n) is 1.19. The van der Waals surface area contributed by atoms with Crippen molar-refractivity contribution in [1.82, 2.24) is 15.0 Å². The van der Waals surface area contributed by atoms with Crippen molar-refractivity contribution in [3.63, 3.8) is 0 Å². The van der Waals surface area contributed by atoms with Gasteiger partial charge < -0.3 is 10.5 Å². The van der Waals surface area contributed by atoms with Crippen molar-refractivity contribution >= 4 is 6.09 Å². The Kier molecular flexibility index (Phi) is 2.81. The zero-order chi connectivity index (χ0) is 9.68. The number of amides is 1. The molecule has 2 N–H and O–H groups in total. The number of carbonyl (C=O) groups excluding carboxylic acids is 1. The van der Waals surface area contributed by atoms with E-state index in [0.29, 0.717) is 0 Å². The second kappa shape index (κ2) is 4.06. The van der Waals surface area contributed by atoms with Crippen LogP contribution in [0, 0.1) is 11.3 Å². The highest BCUT2D eigenvalue weighted by molar-refractivity contribution is 5.64. The molecule has 0 fully saturated rings. The van der Waals surface area contributed by atoms with Gasteiger partial charge in [0.15, 0.2) is 5.69 Å². The molecule has 0 saturated heterocycles. The van der Waals surface area contributed by atoms with E-state index in [9.17, 15) is 4.79 Å². The number of ether oxygens (including phenoxy) is 1. The van der Waals surface area contributed by atoms with Gasteiger partial charge in [-0.05, 0) is 0 Å². The highest BCUT2D eigenvalue weighted by atomic mass is 16.5. The Bertz CT molecular complexity index is 339. The predicted molar refractivity (Wildman–Crippen MR) is 40.3 cm³/mol. The average molecular weight is 181 g/mol. The first-order chi connectivity index (χ1) is 6.22. The van der Waals surface area contributed by atoms with Gasteiger partial charge in [0.25, 0.3) is 0 Å². The standard InChI is InChI=1S/C6H7N5O2/c7-3-5-4-9-11(10-5)1-2-13-6(8)12/h4H,1-2H2,(H2,8,12). The summed E-state index contributed by atoms with van der Waals surface area (Å²) in [5.74, 6) is 0. The third-order valence-corrected chi connectivity index (χ3v) is 1.19.